The quantitative estimate of drug-likeness (QED) is 0.869. The van der Waals surface area contributed by atoms with Gasteiger partial charge in [0.15, 0.2) is 0 Å². The maximum Gasteiger partial charge on any atom is 0.338 e. The summed E-state index contributed by atoms with van der Waals surface area (Å²) in [5.74, 6) is 0. The molecule has 0 aliphatic carbocycles. The summed E-state index contributed by atoms with van der Waals surface area (Å²) in [5, 5.41) is 4.34. The molecule has 4 nitrogen and oxygen atoms in total. The Morgan fingerprint density at radius 3 is 2.80 bits per heavy atom. The highest BCUT2D eigenvalue weighted by Crippen LogP contribution is 2.20. The van der Waals surface area contributed by atoms with Crippen molar-refractivity contribution in [1.29, 1.82) is 0 Å². The van der Waals surface area contributed by atoms with E-state index in [1.54, 1.807) is 6.07 Å². The fourth-order valence-corrected chi connectivity index (χ4v) is 2.79. The molecule has 1 aliphatic rings. The third-order valence-corrected chi connectivity index (χ3v) is 3.84. The molecule has 0 amide bonds. The van der Waals surface area contributed by atoms with Gasteiger partial charge in [0, 0.05) is 24.5 Å². The van der Waals surface area contributed by atoms with E-state index in [-0.39, 0.29) is 5.63 Å². The normalized spacial score (nSPS) is 16.4. The van der Waals surface area contributed by atoms with Crippen LogP contribution in [0.25, 0.3) is 11.0 Å². The van der Waals surface area contributed by atoms with Crippen molar-refractivity contribution < 1.29 is 4.42 Å². The van der Waals surface area contributed by atoms with Crippen molar-refractivity contribution >= 4 is 16.7 Å². The summed E-state index contributed by atoms with van der Waals surface area (Å²) in [6.45, 7) is 4.26. The Morgan fingerprint density at radius 1 is 1.15 bits per heavy atom. The van der Waals surface area contributed by atoms with E-state index in [9.17, 15) is 4.79 Å². The molecule has 1 aromatic heterocycles. The lowest BCUT2D eigenvalue weighted by atomic mass is 10.1. The first kappa shape index (κ1) is 13.2. The Bertz CT molecular complexity index is 630. The number of fused-ring (bicyclic) bond motifs is 1. The molecular weight excluding hydrogens is 252 g/mol. The fraction of sp³-hybridized carbons (Fsp3) is 0.438. The van der Waals surface area contributed by atoms with Crippen LogP contribution < -0.4 is 10.9 Å². The van der Waals surface area contributed by atoms with Crippen LogP contribution in [-0.4, -0.2) is 31.1 Å². The van der Waals surface area contributed by atoms with Crippen LogP contribution in [0.15, 0.2) is 39.5 Å². The fourth-order valence-electron chi connectivity index (χ4n) is 2.79. The first-order valence-electron chi connectivity index (χ1n) is 7.32. The smallest absolute Gasteiger partial charge is 0.338 e. The van der Waals surface area contributed by atoms with E-state index in [0.29, 0.717) is 5.58 Å². The first-order valence-corrected chi connectivity index (χ1v) is 7.32. The Kier molecular flexibility index (Phi) is 4.02. The molecule has 4 heteroatoms. The summed E-state index contributed by atoms with van der Waals surface area (Å²) in [6, 6.07) is 9.17. The van der Waals surface area contributed by atoms with Crippen molar-refractivity contribution in [2.75, 3.05) is 31.5 Å². The Balaban J connectivity index is 1.69. The summed E-state index contributed by atoms with van der Waals surface area (Å²) in [4.78, 5) is 14.0. The number of piperidine rings is 1. The summed E-state index contributed by atoms with van der Waals surface area (Å²) >= 11 is 0. The van der Waals surface area contributed by atoms with Gasteiger partial charge in [-0.2, -0.15) is 0 Å². The van der Waals surface area contributed by atoms with Crippen LogP contribution in [0, 0.1) is 0 Å². The monoisotopic (exact) mass is 272 g/mol. The number of hydrogen-bond acceptors (Lipinski definition) is 4. The van der Waals surface area contributed by atoms with Crippen molar-refractivity contribution in [3.05, 3.63) is 40.8 Å². The van der Waals surface area contributed by atoms with Crippen LogP contribution in [0.1, 0.15) is 19.3 Å². The molecule has 1 aromatic carbocycles. The third-order valence-electron chi connectivity index (χ3n) is 3.84. The number of benzene rings is 1. The molecule has 1 N–H and O–H groups in total. The molecule has 0 atom stereocenters. The molecule has 0 spiro atoms. The summed E-state index contributed by atoms with van der Waals surface area (Å²) in [5.41, 5.74) is 1.21. The molecule has 0 bridgehead atoms. The molecule has 2 aromatic rings. The second kappa shape index (κ2) is 6.09. The van der Waals surface area contributed by atoms with Gasteiger partial charge >= 0.3 is 5.63 Å². The molecule has 0 unspecified atom stereocenters. The van der Waals surface area contributed by atoms with Gasteiger partial charge in [-0.1, -0.05) is 18.6 Å². The number of rotatable bonds is 4. The van der Waals surface area contributed by atoms with Crippen LogP contribution in [-0.2, 0) is 0 Å². The van der Waals surface area contributed by atoms with E-state index in [1.807, 2.05) is 24.3 Å². The molecule has 1 saturated heterocycles. The zero-order valence-corrected chi connectivity index (χ0v) is 11.6. The number of anilines is 1. The second-order valence-corrected chi connectivity index (χ2v) is 5.30. The van der Waals surface area contributed by atoms with Crippen LogP contribution in [0.3, 0.4) is 0 Å². The van der Waals surface area contributed by atoms with Gasteiger partial charge in [-0.05, 0) is 38.1 Å². The molecular formula is C16H20N2O2. The van der Waals surface area contributed by atoms with Crippen LogP contribution in [0.2, 0.25) is 0 Å². The standard InChI is InChI=1S/C16H20N2O2/c19-16-12-14(13-6-2-3-7-15(13)20-16)17-8-11-18-9-4-1-5-10-18/h2-3,6-7,12,17H,1,4-5,8-11H2. The van der Waals surface area contributed by atoms with Crippen molar-refractivity contribution in [1.82, 2.24) is 4.90 Å². The number of likely N-dealkylation sites (tertiary alicyclic amines) is 1. The Labute approximate surface area is 118 Å². The largest absolute Gasteiger partial charge is 0.423 e. The highest BCUT2D eigenvalue weighted by atomic mass is 16.4. The topological polar surface area (TPSA) is 45.5 Å². The third kappa shape index (κ3) is 3.02. The Morgan fingerprint density at radius 2 is 1.95 bits per heavy atom. The molecule has 2 heterocycles. The molecule has 20 heavy (non-hydrogen) atoms. The van der Waals surface area contributed by atoms with E-state index in [1.165, 1.54) is 32.4 Å². The molecule has 106 valence electrons. The van der Waals surface area contributed by atoms with Crippen LogP contribution in [0.5, 0.6) is 0 Å². The van der Waals surface area contributed by atoms with Crippen molar-refractivity contribution in [2.45, 2.75) is 19.3 Å². The van der Waals surface area contributed by atoms with Crippen molar-refractivity contribution in [3.63, 3.8) is 0 Å². The van der Waals surface area contributed by atoms with E-state index < -0.39 is 0 Å². The van der Waals surface area contributed by atoms with Gasteiger partial charge in [-0.25, -0.2) is 4.79 Å². The van der Waals surface area contributed by atoms with Crippen LogP contribution >= 0.6 is 0 Å². The average Bonchev–Trinajstić information content (AvgIpc) is 2.48. The van der Waals surface area contributed by atoms with Gasteiger partial charge in [-0.3, -0.25) is 0 Å². The molecule has 1 aliphatic heterocycles. The summed E-state index contributed by atoms with van der Waals surface area (Å²) in [7, 11) is 0. The van der Waals surface area contributed by atoms with Gasteiger partial charge < -0.3 is 14.6 Å². The minimum atomic E-state index is -0.302. The van der Waals surface area contributed by atoms with Gasteiger partial charge in [0.1, 0.15) is 5.58 Å². The van der Waals surface area contributed by atoms with Crippen molar-refractivity contribution in [3.8, 4) is 0 Å². The van der Waals surface area contributed by atoms with Crippen molar-refractivity contribution in [2.24, 2.45) is 0 Å². The Hall–Kier alpha value is -1.81. The average molecular weight is 272 g/mol. The minimum Gasteiger partial charge on any atom is -0.423 e. The highest BCUT2D eigenvalue weighted by Gasteiger charge is 2.10. The predicted octanol–water partition coefficient (Wildman–Crippen LogP) is 2.69. The number of para-hydroxylation sites is 1. The van der Waals surface area contributed by atoms with Crippen LogP contribution in [0.4, 0.5) is 5.69 Å². The lowest BCUT2D eigenvalue weighted by molar-refractivity contribution is 0.237. The molecule has 3 rings (SSSR count). The van der Waals surface area contributed by atoms with Gasteiger partial charge in [-0.15, -0.1) is 0 Å². The molecule has 0 radical (unpaired) electrons. The van der Waals surface area contributed by atoms with Gasteiger partial charge in [0.05, 0.1) is 5.69 Å². The van der Waals surface area contributed by atoms with E-state index in [2.05, 4.69) is 10.2 Å². The number of nitrogens with zero attached hydrogens (tertiary/aromatic N) is 1. The lowest BCUT2D eigenvalue weighted by Crippen LogP contribution is -2.33. The van der Waals surface area contributed by atoms with E-state index in [0.717, 1.165) is 24.2 Å². The van der Waals surface area contributed by atoms with E-state index >= 15 is 0 Å². The van der Waals surface area contributed by atoms with Gasteiger partial charge in [0.2, 0.25) is 0 Å². The maximum absolute atomic E-state index is 11.6. The maximum atomic E-state index is 11.6. The lowest BCUT2D eigenvalue weighted by Gasteiger charge is -2.26. The zero-order chi connectivity index (χ0) is 13.8. The SMILES string of the molecule is O=c1cc(NCCN2CCCCC2)c2ccccc2o1. The second-order valence-electron chi connectivity index (χ2n) is 5.30. The summed E-state index contributed by atoms with van der Waals surface area (Å²) in [6.07, 6.45) is 3.96. The minimum absolute atomic E-state index is 0.302. The molecule has 0 saturated carbocycles. The highest BCUT2D eigenvalue weighted by molar-refractivity contribution is 5.89. The van der Waals surface area contributed by atoms with E-state index in [4.69, 9.17) is 4.42 Å². The predicted molar refractivity (Wildman–Crippen MR) is 81.3 cm³/mol. The number of nitrogens with one attached hydrogen (secondary N) is 1. The zero-order valence-electron chi connectivity index (χ0n) is 11.6. The van der Waals surface area contributed by atoms with Gasteiger partial charge in [0.25, 0.3) is 0 Å². The first-order chi connectivity index (χ1) is 9.83. The molecule has 1 fully saturated rings. The number of hydrogen-bond donors (Lipinski definition) is 1. The summed E-state index contributed by atoms with van der Waals surface area (Å²) < 4.78 is 5.19.